The summed E-state index contributed by atoms with van der Waals surface area (Å²) in [7, 11) is 1.87. The lowest BCUT2D eigenvalue weighted by molar-refractivity contribution is 0.816. The molecule has 0 atom stereocenters. The van der Waals surface area contributed by atoms with Gasteiger partial charge in [-0.15, -0.1) is 10.2 Å². The number of hydrogen-bond donors (Lipinski definition) is 1. The predicted molar refractivity (Wildman–Crippen MR) is 46.0 cm³/mol. The smallest absolute Gasteiger partial charge is 0.236 e. The molecule has 0 spiro atoms. The lowest BCUT2D eigenvalue weighted by atomic mass is 10.5. The van der Waals surface area contributed by atoms with Crippen molar-refractivity contribution in [2.24, 2.45) is 12.8 Å². The predicted octanol–water partition coefficient (Wildman–Crippen LogP) is -0.540. The van der Waals surface area contributed by atoms with Crippen molar-refractivity contribution >= 4 is 0 Å². The molecular formula is C7H10N6. The van der Waals surface area contributed by atoms with Crippen molar-refractivity contribution in [2.75, 3.05) is 0 Å². The van der Waals surface area contributed by atoms with Gasteiger partial charge in [-0.2, -0.15) is 0 Å². The monoisotopic (exact) mass is 178 g/mol. The zero-order valence-corrected chi connectivity index (χ0v) is 7.25. The second-order valence-corrected chi connectivity index (χ2v) is 2.72. The van der Waals surface area contributed by atoms with Crippen LogP contribution in [0.15, 0.2) is 18.9 Å². The third kappa shape index (κ3) is 1.31. The summed E-state index contributed by atoms with van der Waals surface area (Å²) < 4.78 is 3.59. The molecule has 68 valence electrons. The van der Waals surface area contributed by atoms with Crippen LogP contribution in [0.2, 0.25) is 0 Å². The van der Waals surface area contributed by atoms with Crippen molar-refractivity contribution in [3.8, 4) is 5.95 Å². The van der Waals surface area contributed by atoms with Gasteiger partial charge in [-0.1, -0.05) is 0 Å². The normalized spacial score (nSPS) is 10.6. The van der Waals surface area contributed by atoms with Crippen LogP contribution in [0, 0.1) is 0 Å². The van der Waals surface area contributed by atoms with Crippen LogP contribution >= 0.6 is 0 Å². The molecule has 0 bridgehead atoms. The van der Waals surface area contributed by atoms with E-state index >= 15 is 0 Å². The first-order valence-electron chi connectivity index (χ1n) is 3.88. The molecule has 6 heteroatoms. The number of aryl methyl sites for hydroxylation is 1. The second-order valence-electron chi connectivity index (χ2n) is 2.72. The molecule has 6 nitrogen and oxygen atoms in total. The maximum atomic E-state index is 5.44. The second kappa shape index (κ2) is 2.98. The Labute approximate surface area is 75.0 Å². The molecule has 0 aliphatic heterocycles. The molecule has 2 N–H and O–H groups in total. The molecule has 0 saturated carbocycles. The van der Waals surface area contributed by atoms with Gasteiger partial charge in [0.25, 0.3) is 0 Å². The summed E-state index contributed by atoms with van der Waals surface area (Å²) in [5, 5.41) is 7.70. The largest absolute Gasteiger partial charge is 0.325 e. The molecule has 0 aliphatic carbocycles. The van der Waals surface area contributed by atoms with Gasteiger partial charge in [-0.05, 0) is 0 Å². The summed E-state index contributed by atoms with van der Waals surface area (Å²) in [5.41, 5.74) is 6.27. The molecule has 13 heavy (non-hydrogen) atoms. The van der Waals surface area contributed by atoms with Gasteiger partial charge in [-0.25, -0.2) is 4.98 Å². The third-order valence-electron chi connectivity index (χ3n) is 1.76. The highest BCUT2D eigenvalue weighted by Crippen LogP contribution is 2.02. The minimum atomic E-state index is 0.435. The summed E-state index contributed by atoms with van der Waals surface area (Å²) in [6.45, 7) is 0.435. The van der Waals surface area contributed by atoms with Crippen LogP contribution in [0.4, 0.5) is 0 Å². The Morgan fingerprint density at radius 1 is 1.46 bits per heavy atom. The summed E-state index contributed by atoms with van der Waals surface area (Å²) in [5.74, 6) is 0.729. The van der Waals surface area contributed by atoms with Crippen molar-refractivity contribution in [3.05, 3.63) is 24.5 Å². The Hall–Kier alpha value is -1.69. The summed E-state index contributed by atoms with van der Waals surface area (Å²) >= 11 is 0. The van der Waals surface area contributed by atoms with Gasteiger partial charge in [0, 0.05) is 19.8 Å². The number of nitrogens with two attached hydrogens (primary N) is 1. The van der Waals surface area contributed by atoms with Crippen LogP contribution in [-0.4, -0.2) is 24.3 Å². The van der Waals surface area contributed by atoms with Gasteiger partial charge in [-0.3, -0.25) is 4.57 Å². The quantitative estimate of drug-likeness (QED) is 0.670. The zero-order valence-electron chi connectivity index (χ0n) is 7.25. The Bertz CT molecular complexity index is 401. The molecular weight excluding hydrogens is 168 g/mol. The number of rotatable bonds is 2. The van der Waals surface area contributed by atoms with E-state index in [9.17, 15) is 0 Å². The molecule has 2 rings (SSSR count). The Balaban J connectivity index is 2.41. The first kappa shape index (κ1) is 7.93. The molecule has 0 saturated heterocycles. The van der Waals surface area contributed by atoms with E-state index < -0.39 is 0 Å². The summed E-state index contributed by atoms with van der Waals surface area (Å²) in [4.78, 5) is 4.09. The molecule has 0 aliphatic rings. The maximum absolute atomic E-state index is 5.44. The number of aromatic nitrogens is 5. The van der Waals surface area contributed by atoms with Gasteiger partial charge in [0.2, 0.25) is 5.95 Å². The van der Waals surface area contributed by atoms with Crippen LogP contribution in [0.5, 0.6) is 0 Å². The third-order valence-corrected chi connectivity index (χ3v) is 1.76. The minimum Gasteiger partial charge on any atom is -0.325 e. The van der Waals surface area contributed by atoms with Crippen molar-refractivity contribution in [2.45, 2.75) is 6.54 Å². The SMILES string of the molecule is Cn1cnnc1-n1cnc(CN)c1. The Kier molecular flexibility index (Phi) is 1.82. The highest BCUT2D eigenvalue weighted by molar-refractivity contribution is 5.12. The lowest BCUT2D eigenvalue weighted by Crippen LogP contribution is -2.00. The maximum Gasteiger partial charge on any atom is 0.236 e. The molecule has 0 unspecified atom stereocenters. The fraction of sp³-hybridized carbons (Fsp3) is 0.286. The van der Waals surface area contributed by atoms with E-state index in [1.54, 1.807) is 17.2 Å². The van der Waals surface area contributed by atoms with E-state index in [2.05, 4.69) is 15.2 Å². The fourth-order valence-electron chi connectivity index (χ4n) is 1.09. The Morgan fingerprint density at radius 3 is 2.85 bits per heavy atom. The molecule has 0 aromatic carbocycles. The van der Waals surface area contributed by atoms with Crippen LogP contribution in [0.3, 0.4) is 0 Å². The van der Waals surface area contributed by atoms with E-state index in [4.69, 9.17) is 5.73 Å². The van der Waals surface area contributed by atoms with E-state index in [-0.39, 0.29) is 0 Å². The first-order chi connectivity index (χ1) is 6.31. The standard InChI is InChI=1S/C7H10N6/c1-12-5-10-11-7(12)13-3-6(2-8)9-4-13/h3-5H,2,8H2,1H3. The summed E-state index contributed by atoms with van der Waals surface area (Å²) in [6.07, 6.45) is 5.15. The molecule has 2 aromatic rings. The topological polar surface area (TPSA) is 74.5 Å². The van der Waals surface area contributed by atoms with Gasteiger partial charge in [0.05, 0.1) is 5.69 Å². The number of nitrogens with zero attached hydrogens (tertiary/aromatic N) is 5. The average Bonchev–Trinajstić information content (AvgIpc) is 2.71. The van der Waals surface area contributed by atoms with Crippen molar-refractivity contribution in [1.29, 1.82) is 0 Å². The molecule has 0 amide bonds. The van der Waals surface area contributed by atoms with E-state index in [0.29, 0.717) is 6.54 Å². The number of hydrogen-bond acceptors (Lipinski definition) is 4. The molecule has 2 aromatic heterocycles. The highest BCUT2D eigenvalue weighted by Gasteiger charge is 2.03. The van der Waals surface area contributed by atoms with Crippen molar-refractivity contribution in [3.63, 3.8) is 0 Å². The average molecular weight is 178 g/mol. The minimum absolute atomic E-state index is 0.435. The van der Waals surface area contributed by atoms with Crippen LogP contribution in [-0.2, 0) is 13.6 Å². The van der Waals surface area contributed by atoms with Gasteiger partial charge >= 0.3 is 0 Å². The van der Waals surface area contributed by atoms with Crippen LogP contribution < -0.4 is 5.73 Å². The molecule has 2 heterocycles. The summed E-state index contributed by atoms with van der Waals surface area (Å²) in [6, 6.07) is 0. The highest BCUT2D eigenvalue weighted by atomic mass is 15.3. The number of imidazole rings is 1. The van der Waals surface area contributed by atoms with E-state index in [1.165, 1.54) is 0 Å². The molecule has 0 fully saturated rings. The van der Waals surface area contributed by atoms with E-state index in [0.717, 1.165) is 11.6 Å². The lowest BCUT2D eigenvalue weighted by Gasteiger charge is -1.97. The van der Waals surface area contributed by atoms with Crippen LogP contribution in [0.25, 0.3) is 5.95 Å². The first-order valence-corrected chi connectivity index (χ1v) is 3.88. The van der Waals surface area contributed by atoms with Gasteiger partial charge in [0.1, 0.15) is 12.7 Å². The van der Waals surface area contributed by atoms with E-state index in [1.807, 2.05) is 17.8 Å². The molecule has 0 radical (unpaired) electrons. The fourth-order valence-corrected chi connectivity index (χ4v) is 1.09. The van der Waals surface area contributed by atoms with Crippen LogP contribution in [0.1, 0.15) is 5.69 Å². The van der Waals surface area contributed by atoms with Crippen molar-refractivity contribution < 1.29 is 0 Å². The Morgan fingerprint density at radius 2 is 2.31 bits per heavy atom. The van der Waals surface area contributed by atoms with Crippen molar-refractivity contribution in [1.82, 2.24) is 24.3 Å². The van der Waals surface area contributed by atoms with Gasteiger partial charge in [0.15, 0.2) is 0 Å². The van der Waals surface area contributed by atoms with Gasteiger partial charge < -0.3 is 10.3 Å². The zero-order chi connectivity index (χ0) is 9.26.